The topological polar surface area (TPSA) is 38.3 Å². The Bertz CT molecular complexity index is 566. The normalized spacial score (nSPS) is 10.5. The van der Waals surface area contributed by atoms with E-state index in [0.29, 0.717) is 18.7 Å². The Morgan fingerprint density at radius 3 is 2.60 bits per heavy atom. The molecule has 0 bridgehead atoms. The minimum absolute atomic E-state index is 0.0374. The maximum atomic E-state index is 12.0. The third-order valence-electron chi connectivity index (χ3n) is 2.81. The van der Waals surface area contributed by atoms with Gasteiger partial charge in [-0.25, -0.2) is 0 Å². The van der Waals surface area contributed by atoms with Gasteiger partial charge in [0.15, 0.2) is 0 Å². The number of carbonyl (C=O) groups excluding carboxylic acids is 1. The molecule has 2 aromatic rings. The van der Waals surface area contributed by atoms with Gasteiger partial charge >= 0.3 is 0 Å². The van der Waals surface area contributed by atoms with Gasteiger partial charge in [-0.15, -0.1) is 11.3 Å². The number of methoxy groups -OCH3 is 1. The zero-order valence-electron chi connectivity index (χ0n) is 11.2. The number of hydrogen-bond donors (Lipinski definition) is 1. The zero-order chi connectivity index (χ0) is 14.4. The van der Waals surface area contributed by atoms with E-state index in [9.17, 15) is 4.79 Å². The highest BCUT2D eigenvalue weighted by Crippen LogP contribution is 2.22. The van der Waals surface area contributed by atoms with Crippen LogP contribution in [-0.4, -0.2) is 19.6 Å². The zero-order valence-corrected chi connectivity index (χ0v) is 13.6. The molecule has 0 aliphatic heterocycles. The average Bonchev–Trinajstić information content (AvgIpc) is 2.85. The predicted octanol–water partition coefficient (Wildman–Crippen LogP) is 3.63. The average molecular weight is 354 g/mol. The van der Waals surface area contributed by atoms with E-state index in [1.165, 1.54) is 4.88 Å². The van der Waals surface area contributed by atoms with E-state index < -0.39 is 0 Å². The second kappa shape index (κ2) is 7.57. The molecule has 3 nitrogen and oxygen atoms in total. The number of carbonyl (C=O) groups is 1. The monoisotopic (exact) mass is 353 g/mol. The summed E-state index contributed by atoms with van der Waals surface area (Å²) in [6.07, 6.45) is 0.851. The molecule has 0 aliphatic rings. The molecule has 1 amide bonds. The predicted molar refractivity (Wildman–Crippen MR) is 85.2 cm³/mol. The van der Waals surface area contributed by atoms with Crippen molar-refractivity contribution in [2.45, 2.75) is 13.0 Å². The maximum absolute atomic E-state index is 12.0. The lowest BCUT2D eigenvalue weighted by Crippen LogP contribution is -2.25. The summed E-state index contributed by atoms with van der Waals surface area (Å²) in [4.78, 5) is 13.2. The van der Waals surface area contributed by atoms with Gasteiger partial charge in [0.05, 0.1) is 10.4 Å². The summed E-state index contributed by atoms with van der Waals surface area (Å²) in [5, 5.41) is 2.93. The van der Waals surface area contributed by atoms with Gasteiger partial charge in [0, 0.05) is 24.1 Å². The summed E-state index contributed by atoms with van der Waals surface area (Å²) in [6, 6.07) is 11.6. The molecule has 1 N–H and O–H groups in total. The number of amides is 1. The fourth-order valence-electron chi connectivity index (χ4n) is 1.81. The third kappa shape index (κ3) is 4.44. The van der Waals surface area contributed by atoms with Crippen LogP contribution in [0.3, 0.4) is 0 Å². The molecule has 1 aromatic carbocycles. The van der Waals surface area contributed by atoms with Crippen LogP contribution in [0, 0.1) is 0 Å². The fourth-order valence-corrected chi connectivity index (χ4v) is 3.29. The first-order chi connectivity index (χ1) is 9.69. The Morgan fingerprint density at radius 1 is 1.25 bits per heavy atom. The highest BCUT2D eigenvalue weighted by molar-refractivity contribution is 9.11. The number of hydrogen-bond acceptors (Lipinski definition) is 3. The van der Waals surface area contributed by atoms with E-state index in [2.05, 4.69) is 27.3 Å². The van der Waals surface area contributed by atoms with Crippen LogP contribution in [0.5, 0.6) is 0 Å². The summed E-state index contributed by atoms with van der Waals surface area (Å²) in [5.74, 6) is -0.0374. The summed E-state index contributed by atoms with van der Waals surface area (Å²) in [5.41, 5.74) is 1.74. The SMILES string of the molecule is COCc1ccc(C(=O)NCCc2ccc(Br)s2)cc1. The molecule has 2 rings (SSSR count). The number of halogens is 1. The van der Waals surface area contributed by atoms with Gasteiger partial charge in [-0.1, -0.05) is 12.1 Å². The van der Waals surface area contributed by atoms with Crippen LogP contribution in [0.1, 0.15) is 20.8 Å². The Morgan fingerprint density at radius 2 is 2.00 bits per heavy atom. The van der Waals surface area contributed by atoms with Crippen molar-refractivity contribution in [2.75, 3.05) is 13.7 Å². The summed E-state index contributed by atoms with van der Waals surface area (Å²) in [6.45, 7) is 1.21. The quantitative estimate of drug-likeness (QED) is 0.860. The lowest BCUT2D eigenvalue weighted by atomic mass is 10.1. The van der Waals surface area contributed by atoms with Gasteiger partial charge in [0.25, 0.3) is 5.91 Å². The van der Waals surface area contributed by atoms with Crippen molar-refractivity contribution in [1.29, 1.82) is 0 Å². The second-order valence-corrected chi connectivity index (χ2v) is 6.89. The molecule has 0 atom stereocenters. The van der Waals surface area contributed by atoms with Crippen LogP contribution >= 0.6 is 27.3 Å². The Hall–Kier alpha value is -1.17. The van der Waals surface area contributed by atoms with Crippen molar-refractivity contribution in [3.05, 3.63) is 56.2 Å². The van der Waals surface area contributed by atoms with Gasteiger partial charge in [-0.3, -0.25) is 4.79 Å². The van der Waals surface area contributed by atoms with Crippen molar-refractivity contribution >= 4 is 33.2 Å². The van der Waals surface area contributed by atoms with Gasteiger partial charge < -0.3 is 10.1 Å². The fraction of sp³-hybridized carbons (Fsp3) is 0.267. The van der Waals surface area contributed by atoms with Crippen molar-refractivity contribution in [2.24, 2.45) is 0 Å². The number of nitrogens with one attached hydrogen (secondary N) is 1. The first-order valence-electron chi connectivity index (χ1n) is 6.29. The molecule has 0 unspecified atom stereocenters. The molecule has 5 heteroatoms. The lowest BCUT2D eigenvalue weighted by Gasteiger charge is -2.05. The maximum Gasteiger partial charge on any atom is 0.251 e. The number of benzene rings is 1. The van der Waals surface area contributed by atoms with E-state index >= 15 is 0 Å². The second-order valence-electron chi connectivity index (χ2n) is 4.34. The van der Waals surface area contributed by atoms with Gasteiger partial charge in [-0.05, 0) is 52.2 Å². The Kier molecular flexibility index (Phi) is 5.76. The van der Waals surface area contributed by atoms with Crippen LogP contribution in [0.25, 0.3) is 0 Å². The van der Waals surface area contributed by atoms with E-state index in [1.807, 2.05) is 30.3 Å². The molecule has 106 valence electrons. The number of thiophene rings is 1. The summed E-state index contributed by atoms with van der Waals surface area (Å²) < 4.78 is 6.16. The molecule has 0 radical (unpaired) electrons. The molecule has 0 saturated carbocycles. The number of rotatable bonds is 6. The van der Waals surface area contributed by atoms with E-state index in [4.69, 9.17) is 4.74 Å². The van der Waals surface area contributed by atoms with Crippen LogP contribution in [-0.2, 0) is 17.8 Å². The molecular weight excluding hydrogens is 338 g/mol. The van der Waals surface area contributed by atoms with Crippen LogP contribution in [0.4, 0.5) is 0 Å². The number of ether oxygens (including phenoxy) is 1. The first-order valence-corrected chi connectivity index (χ1v) is 7.90. The smallest absolute Gasteiger partial charge is 0.251 e. The molecule has 0 spiro atoms. The Balaban J connectivity index is 1.82. The van der Waals surface area contributed by atoms with Crippen molar-refractivity contribution in [3.8, 4) is 0 Å². The van der Waals surface area contributed by atoms with Crippen LogP contribution < -0.4 is 5.32 Å². The molecule has 0 fully saturated rings. The highest BCUT2D eigenvalue weighted by atomic mass is 79.9. The van der Waals surface area contributed by atoms with E-state index in [-0.39, 0.29) is 5.91 Å². The van der Waals surface area contributed by atoms with Crippen molar-refractivity contribution < 1.29 is 9.53 Å². The van der Waals surface area contributed by atoms with Crippen LogP contribution in [0.15, 0.2) is 40.2 Å². The Labute approximate surface area is 131 Å². The molecular formula is C15H16BrNO2S. The standard InChI is InChI=1S/C15H16BrNO2S/c1-19-10-11-2-4-12(5-3-11)15(18)17-9-8-13-6-7-14(16)20-13/h2-7H,8-10H2,1H3,(H,17,18). The highest BCUT2D eigenvalue weighted by Gasteiger charge is 2.05. The molecule has 20 heavy (non-hydrogen) atoms. The van der Waals surface area contributed by atoms with Crippen molar-refractivity contribution in [3.63, 3.8) is 0 Å². The third-order valence-corrected chi connectivity index (χ3v) is 4.50. The van der Waals surface area contributed by atoms with Crippen molar-refractivity contribution in [1.82, 2.24) is 5.32 Å². The van der Waals surface area contributed by atoms with Gasteiger partial charge in [0.1, 0.15) is 0 Å². The molecule has 0 saturated heterocycles. The molecule has 1 heterocycles. The summed E-state index contributed by atoms with van der Waals surface area (Å²) in [7, 11) is 1.66. The first kappa shape index (κ1) is 15.2. The lowest BCUT2D eigenvalue weighted by molar-refractivity contribution is 0.0954. The van der Waals surface area contributed by atoms with E-state index in [1.54, 1.807) is 18.4 Å². The molecule has 1 aromatic heterocycles. The largest absolute Gasteiger partial charge is 0.380 e. The van der Waals surface area contributed by atoms with Gasteiger partial charge in [-0.2, -0.15) is 0 Å². The molecule has 0 aliphatic carbocycles. The summed E-state index contributed by atoms with van der Waals surface area (Å²) >= 11 is 5.12. The minimum Gasteiger partial charge on any atom is -0.380 e. The van der Waals surface area contributed by atoms with Gasteiger partial charge in [0.2, 0.25) is 0 Å². The minimum atomic E-state index is -0.0374. The van der Waals surface area contributed by atoms with E-state index in [0.717, 1.165) is 15.8 Å². The van der Waals surface area contributed by atoms with Crippen LogP contribution in [0.2, 0.25) is 0 Å².